The van der Waals surface area contributed by atoms with Crippen molar-refractivity contribution < 1.29 is 4.74 Å². The second-order valence-corrected chi connectivity index (χ2v) is 5.96. The molecule has 2 atom stereocenters. The zero-order chi connectivity index (χ0) is 13.2. The first-order valence-electron chi connectivity index (χ1n) is 6.99. The van der Waals surface area contributed by atoms with Gasteiger partial charge >= 0.3 is 0 Å². The highest BCUT2D eigenvalue weighted by atomic mass is 16.5. The van der Waals surface area contributed by atoms with Gasteiger partial charge in [0.05, 0.1) is 7.11 Å². The number of hydrogen-bond acceptors (Lipinski definition) is 2. The number of para-hydroxylation sites is 1. The lowest BCUT2D eigenvalue weighted by Crippen LogP contribution is -2.42. The van der Waals surface area contributed by atoms with Gasteiger partial charge in [0.1, 0.15) is 5.75 Å². The van der Waals surface area contributed by atoms with E-state index in [1.807, 2.05) is 12.1 Å². The average Bonchev–Trinajstić information content (AvgIpc) is 2.38. The summed E-state index contributed by atoms with van der Waals surface area (Å²) in [5, 5.41) is 0. The van der Waals surface area contributed by atoms with Crippen molar-refractivity contribution in [3.05, 3.63) is 29.8 Å². The molecule has 18 heavy (non-hydrogen) atoms. The number of methoxy groups -OCH3 is 1. The van der Waals surface area contributed by atoms with Gasteiger partial charge in [-0.2, -0.15) is 0 Å². The van der Waals surface area contributed by atoms with Crippen molar-refractivity contribution in [1.82, 2.24) is 0 Å². The first kappa shape index (κ1) is 13.4. The lowest BCUT2D eigenvalue weighted by atomic mass is 9.69. The molecule has 0 aliphatic heterocycles. The summed E-state index contributed by atoms with van der Waals surface area (Å²) in [6.45, 7) is 4.61. The van der Waals surface area contributed by atoms with Crippen LogP contribution in [0.3, 0.4) is 0 Å². The molecule has 2 heteroatoms. The summed E-state index contributed by atoms with van der Waals surface area (Å²) in [6, 6.07) is 8.21. The molecule has 1 fully saturated rings. The molecular weight excluding hydrogens is 222 g/mol. The highest BCUT2D eigenvalue weighted by Crippen LogP contribution is 2.43. The van der Waals surface area contributed by atoms with Crippen LogP contribution in [0.15, 0.2) is 24.3 Å². The number of rotatable bonds is 3. The normalized spacial score (nSPS) is 28.4. The van der Waals surface area contributed by atoms with Crippen LogP contribution in [-0.4, -0.2) is 7.11 Å². The van der Waals surface area contributed by atoms with Crippen molar-refractivity contribution in [2.45, 2.75) is 45.1 Å². The fraction of sp³-hybridized carbons (Fsp3) is 0.625. The molecule has 1 aromatic carbocycles. The molecule has 100 valence electrons. The Hall–Kier alpha value is -1.02. The van der Waals surface area contributed by atoms with Crippen LogP contribution in [-0.2, 0) is 5.54 Å². The lowest BCUT2D eigenvalue weighted by molar-refractivity contribution is 0.180. The molecule has 0 bridgehead atoms. The fourth-order valence-electron chi connectivity index (χ4n) is 3.22. The van der Waals surface area contributed by atoms with E-state index in [1.54, 1.807) is 7.11 Å². The second kappa shape index (κ2) is 5.31. The highest BCUT2D eigenvalue weighted by Gasteiger charge is 2.37. The summed E-state index contributed by atoms with van der Waals surface area (Å²) in [7, 11) is 1.73. The molecule has 0 aromatic heterocycles. The molecule has 0 spiro atoms. The Bertz CT molecular complexity index is 402. The Morgan fingerprint density at radius 2 is 2.06 bits per heavy atom. The Morgan fingerprint density at radius 3 is 2.72 bits per heavy atom. The van der Waals surface area contributed by atoms with E-state index in [1.165, 1.54) is 18.4 Å². The van der Waals surface area contributed by atoms with E-state index in [4.69, 9.17) is 10.5 Å². The van der Waals surface area contributed by atoms with Crippen LogP contribution in [0.2, 0.25) is 0 Å². The van der Waals surface area contributed by atoms with Gasteiger partial charge in [-0.25, -0.2) is 0 Å². The molecule has 2 nitrogen and oxygen atoms in total. The van der Waals surface area contributed by atoms with E-state index in [-0.39, 0.29) is 5.54 Å². The van der Waals surface area contributed by atoms with Gasteiger partial charge in [-0.15, -0.1) is 0 Å². The van der Waals surface area contributed by atoms with Gasteiger partial charge in [0.25, 0.3) is 0 Å². The van der Waals surface area contributed by atoms with E-state index >= 15 is 0 Å². The second-order valence-electron chi connectivity index (χ2n) is 5.96. The first-order chi connectivity index (χ1) is 8.57. The number of hydrogen-bond donors (Lipinski definition) is 1. The van der Waals surface area contributed by atoms with Gasteiger partial charge < -0.3 is 10.5 Å². The van der Waals surface area contributed by atoms with Gasteiger partial charge in [-0.05, 0) is 30.7 Å². The van der Waals surface area contributed by atoms with E-state index < -0.39 is 0 Å². The Kier molecular flexibility index (Phi) is 3.96. The predicted molar refractivity (Wildman–Crippen MR) is 75.7 cm³/mol. The van der Waals surface area contributed by atoms with Crippen LogP contribution in [0.4, 0.5) is 0 Å². The quantitative estimate of drug-likeness (QED) is 0.884. The van der Waals surface area contributed by atoms with Gasteiger partial charge in [0.2, 0.25) is 0 Å². The molecule has 2 rings (SSSR count). The monoisotopic (exact) mass is 247 g/mol. The van der Waals surface area contributed by atoms with Crippen molar-refractivity contribution in [3.63, 3.8) is 0 Å². The molecule has 2 N–H and O–H groups in total. The van der Waals surface area contributed by atoms with Gasteiger partial charge in [0.15, 0.2) is 0 Å². The maximum absolute atomic E-state index is 6.70. The van der Waals surface area contributed by atoms with Crippen LogP contribution < -0.4 is 10.5 Å². The number of nitrogens with two attached hydrogens (primary N) is 1. The maximum atomic E-state index is 6.70. The maximum Gasteiger partial charge on any atom is 0.123 e. The lowest BCUT2D eigenvalue weighted by Gasteiger charge is -2.40. The summed E-state index contributed by atoms with van der Waals surface area (Å²) in [6.07, 6.45) is 4.67. The number of benzene rings is 1. The molecule has 0 amide bonds. The van der Waals surface area contributed by atoms with Gasteiger partial charge in [0, 0.05) is 11.1 Å². The Morgan fingerprint density at radius 1 is 1.33 bits per heavy atom. The Balaban J connectivity index is 2.29. The van der Waals surface area contributed by atoms with Crippen LogP contribution >= 0.6 is 0 Å². The zero-order valence-electron chi connectivity index (χ0n) is 11.8. The minimum absolute atomic E-state index is 0.209. The smallest absolute Gasteiger partial charge is 0.123 e. The average molecular weight is 247 g/mol. The minimum atomic E-state index is -0.209. The van der Waals surface area contributed by atoms with Crippen LogP contribution in [0.5, 0.6) is 5.75 Å². The van der Waals surface area contributed by atoms with Crippen molar-refractivity contribution in [3.8, 4) is 5.75 Å². The van der Waals surface area contributed by atoms with Crippen molar-refractivity contribution in [2.24, 2.45) is 17.6 Å². The molecule has 1 aromatic rings. The summed E-state index contributed by atoms with van der Waals surface area (Å²) < 4.78 is 5.48. The summed E-state index contributed by atoms with van der Waals surface area (Å²) in [5.41, 5.74) is 7.67. The summed E-state index contributed by atoms with van der Waals surface area (Å²) in [4.78, 5) is 0. The summed E-state index contributed by atoms with van der Waals surface area (Å²) >= 11 is 0. The topological polar surface area (TPSA) is 35.2 Å². The van der Waals surface area contributed by atoms with E-state index in [0.717, 1.165) is 24.5 Å². The highest BCUT2D eigenvalue weighted by molar-refractivity contribution is 5.39. The van der Waals surface area contributed by atoms with Gasteiger partial charge in [-0.1, -0.05) is 44.9 Å². The van der Waals surface area contributed by atoms with Gasteiger partial charge in [-0.3, -0.25) is 0 Å². The third-order valence-electron chi connectivity index (χ3n) is 4.41. The third kappa shape index (κ3) is 2.54. The Labute approximate surface area is 111 Å². The van der Waals surface area contributed by atoms with E-state index in [2.05, 4.69) is 26.0 Å². The van der Waals surface area contributed by atoms with Crippen molar-refractivity contribution in [2.75, 3.05) is 7.11 Å². The van der Waals surface area contributed by atoms with E-state index in [9.17, 15) is 0 Å². The number of ether oxygens (including phenoxy) is 1. The molecule has 0 saturated heterocycles. The van der Waals surface area contributed by atoms with E-state index in [0.29, 0.717) is 5.92 Å². The zero-order valence-corrected chi connectivity index (χ0v) is 11.8. The third-order valence-corrected chi connectivity index (χ3v) is 4.41. The first-order valence-corrected chi connectivity index (χ1v) is 6.99. The standard InChI is InChI=1S/C16H25NO/c1-12(2)13-7-6-10-16(17,11-13)14-8-4-5-9-15(14)18-3/h4-5,8-9,12-13H,6-7,10-11,17H2,1-3H3. The van der Waals surface area contributed by atoms with Crippen LogP contribution in [0.1, 0.15) is 45.1 Å². The van der Waals surface area contributed by atoms with Crippen molar-refractivity contribution >= 4 is 0 Å². The van der Waals surface area contributed by atoms with Crippen molar-refractivity contribution in [1.29, 1.82) is 0 Å². The largest absolute Gasteiger partial charge is 0.496 e. The fourth-order valence-corrected chi connectivity index (χ4v) is 3.22. The molecule has 2 unspecified atom stereocenters. The van der Waals surface area contributed by atoms with Crippen LogP contribution in [0, 0.1) is 11.8 Å². The molecule has 1 aliphatic rings. The molecule has 1 aliphatic carbocycles. The molecule has 0 radical (unpaired) electrons. The predicted octanol–water partition coefficient (Wildman–Crippen LogP) is 3.70. The summed E-state index contributed by atoms with van der Waals surface area (Å²) in [5.74, 6) is 2.38. The molecule has 0 heterocycles. The SMILES string of the molecule is COc1ccccc1C1(N)CCCC(C(C)C)C1. The molecule has 1 saturated carbocycles. The minimum Gasteiger partial charge on any atom is -0.496 e. The van der Waals surface area contributed by atoms with Crippen LogP contribution in [0.25, 0.3) is 0 Å². The molecular formula is C16H25NO.